The van der Waals surface area contributed by atoms with E-state index < -0.39 is 11.6 Å². The molecule has 3 nitrogen and oxygen atoms in total. The van der Waals surface area contributed by atoms with Crippen LogP contribution in [0.2, 0.25) is 0 Å². The summed E-state index contributed by atoms with van der Waals surface area (Å²) in [5.74, 6) is -1.62. The summed E-state index contributed by atoms with van der Waals surface area (Å²) < 4.78 is 25.9. The summed E-state index contributed by atoms with van der Waals surface area (Å²) in [6.45, 7) is 2.39. The van der Waals surface area contributed by atoms with Gasteiger partial charge in [0.1, 0.15) is 11.6 Å². The maximum absolute atomic E-state index is 13.2. The molecule has 1 amide bonds. The normalized spacial score (nSPS) is 12.2. The van der Waals surface area contributed by atoms with E-state index in [2.05, 4.69) is 10.6 Å². The smallest absolute Gasteiger partial charge is 0.224 e. The Balaban J connectivity index is 2.50. The van der Waals surface area contributed by atoms with Gasteiger partial charge in [-0.05, 0) is 25.6 Å². The van der Waals surface area contributed by atoms with Crippen LogP contribution < -0.4 is 10.6 Å². The van der Waals surface area contributed by atoms with E-state index in [1.54, 1.807) is 7.05 Å². The lowest BCUT2D eigenvalue weighted by atomic mass is 10.1. The molecular formula is C12H16F2N2O. The first-order valence-corrected chi connectivity index (χ1v) is 5.41. The third-order valence-electron chi connectivity index (χ3n) is 2.46. The summed E-state index contributed by atoms with van der Waals surface area (Å²) in [5.41, 5.74) is 0.195. The number of rotatable bonds is 5. The van der Waals surface area contributed by atoms with Gasteiger partial charge in [-0.15, -0.1) is 0 Å². The fourth-order valence-corrected chi connectivity index (χ4v) is 1.27. The van der Waals surface area contributed by atoms with Crippen LogP contribution in [0.4, 0.5) is 8.78 Å². The van der Waals surface area contributed by atoms with E-state index in [0.717, 1.165) is 12.1 Å². The molecule has 0 bridgehead atoms. The largest absolute Gasteiger partial charge is 0.354 e. The van der Waals surface area contributed by atoms with Gasteiger partial charge in [0.15, 0.2) is 0 Å². The van der Waals surface area contributed by atoms with Gasteiger partial charge >= 0.3 is 0 Å². The van der Waals surface area contributed by atoms with Gasteiger partial charge in [-0.1, -0.05) is 6.07 Å². The van der Waals surface area contributed by atoms with Gasteiger partial charge in [-0.3, -0.25) is 4.79 Å². The van der Waals surface area contributed by atoms with E-state index in [-0.39, 0.29) is 23.9 Å². The number of hydrogen-bond acceptors (Lipinski definition) is 2. The Labute approximate surface area is 99.2 Å². The first-order chi connectivity index (χ1) is 8.02. The van der Waals surface area contributed by atoms with Crippen molar-refractivity contribution in [1.29, 1.82) is 0 Å². The van der Waals surface area contributed by atoms with Gasteiger partial charge in [0.05, 0.1) is 6.42 Å². The van der Waals surface area contributed by atoms with Gasteiger partial charge < -0.3 is 10.6 Å². The van der Waals surface area contributed by atoms with Crippen molar-refractivity contribution in [3.05, 3.63) is 35.4 Å². The Morgan fingerprint density at radius 3 is 2.71 bits per heavy atom. The molecule has 0 aliphatic carbocycles. The quantitative estimate of drug-likeness (QED) is 0.815. The Morgan fingerprint density at radius 1 is 1.41 bits per heavy atom. The lowest BCUT2D eigenvalue weighted by Gasteiger charge is -2.11. The minimum Gasteiger partial charge on any atom is -0.354 e. The summed E-state index contributed by atoms with van der Waals surface area (Å²) >= 11 is 0. The summed E-state index contributed by atoms with van der Waals surface area (Å²) in [4.78, 5) is 11.5. The van der Waals surface area contributed by atoms with Crippen LogP contribution >= 0.6 is 0 Å². The first-order valence-electron chi connectivity index (χ1n) is 5.41. The monoisotopic (exact) mass is 242 g/mol. The van der Waals surface area contributed by atoms with Gasteiger partial charge in [0, 0.05) is 18.7 Å². The molecule has 1 aromatic rings. The van der Waals surface area contributed by atoms with E-state index in [0.29, 0.717) is 6.54 Å². The Kier molecular flexibility index (Phi) is 5.03. The third-order valence-corrected chi connectivity index (χ3v) is 2.46. The SMILES string of the molecule is CNC(C)CNC(=O)Cc1ccc(F)cc1F. The second kappa shape index (κ2) is 6.30. The van der Waals surface area contributed by atoms with E-state index in [1.165, 1.54) is 6.07 Å². The zero-order valence-corrected chi connectivity index (χ0v) is 9.89. The molecule has 0 aromatic heterocycles. The maximum Gasteiger partial charge on any atom is 0.224 e. The third kappa shape index (κ3) is 4.48. The molecule has 0 radical (unpaired) electrons. The Hall–Kier alpha value is -1.49. The molecule has 1 aromatic carbocycles. The first kappa shape index (κ1) is 13.6. The number of amides is 1. The van der Waals surface area contributed by atoms with Crippen molar-refractivity contribution >= 4 is 5.91 Å². The van der Waals surface area contributed by atoms with Crippen LogP contribution in [0.15, 0.2) is 18.2 Å². The number of likely N-dealkylation sites (N-methyl/N-ethyl adjacent to an activating group) is 1. The topological polar surface area (TPSA) is 41.1 Å². The van der Waals surface area contributed by atoms with Crippen molar-refractivity contribution in [3.8, 4) is 0 Å². The minimum absolute atomic E-state index is 0.0808. The molecule has 17 heavy (non-hydrogen) atoms. The standard InChI is InChI=1S/C12H16F2N2O/c1-8(15-2)7-16-12(17)5-9-3-4-10(13)6-11(9)14/h3-4,6,8,15H,5,7H2,1-2H3,(H,16,17). The zero-order valence-electron chi connectivity index (χ0n) is 9.89. The molecule has 0 fully saturated rings. The number of benzene rings is 1. The molecule has 0 aliphatic rings. The molecule has 2 N–H and O–H groups in total. The van der Waals surface area contributed by atoms with Crippen molar-refractivity contribution in [3.63, 3.8) is 0 Å². The van der Waals surface area contributed by atoms with E-state index >= 15 is 0 Å². The number of carbonyl (C=O) groups excluding carboxylic acids is 1. The second-order valence-corrected chi connectivity index (χ2v) is 3.91. The predicted octanol–water partition coefficient (Wildman–Crippen LogP) is 1.23. The molecule has 0 saturated heterocycles. The molecule has 0 heterocycles. The van der Waals surface area contributed by atoms with E-state index in [4.69, 9.17) is 0 Å². The van der Waals surface area contributed by atoms with Gasteiger partial charge in [0.2, 0.25) is 5.91 Å². The maximum atomic E-state index is 13.2. The van der Waals surface area contributed by atoms with E-state index in [9.17, 15) is 13.6 Å². The number of carbonyl (C=O) groups is 1. The van der Waals surface area contributed by atoms with Crippen molar-refractivity contribution in [2.45, 2.75) is 19.4 Å². The van der Waals surface area contributed by atoms with Crippen molar-refractivity contribution in [2.24, 2.45) is 0 Å². The van der Waals surface area contributed by atoms with Crippen LogP contribution in [-0.4, -0.2) is 25.5 Å². The molecule has 5 heteroatoms. The zero-order chi connectivity index (χ0) is 12.8. The summed E-state index contributed by atoms with van der Waals surface area (Å²) in [6, 6.07) is 3.35. The summed E-state index contributed by atoms with van der Waals surface area (Å²) in [6.07, 6.45) is -0.0808. The fraction of sp³-hybridized carbons (Fsp3) is 0.417. The van der Waals surface area contributed by atoms with Crippen LogP contribution in [0.1, 0.15) is 12.5 Å². The van der Waals surface area contributed by atoms with Gasteiger partial charge in [0.25, 0.3) is 0 Å². The van der Waals surface area contributed by atoms with Crippen LogP contribution in [0, 0.1) is 11.6 Å². The number of hydrogen-bond donors (Lipinski definition) is 2. The molecule has 1 rings (SSSR count). The lowest BCUT2D eigenvalue weighted by Crippen LogP contribution is -2.37. The van der Waals surface area contributed by atoms with Gasteiger partial charge in [-0.2, -0.15) is 0 Å². The molecule has 0 spiro atoms. The molecule has 1 atom stereocenters. The highest BCUT2D eigenvalue weighted by Crippen LogP contribution is 2.09. The average molecular weight is 242 g/mol. The lowest BCUT2D eigenvalue weighted by molar-refractivity contribution is -0.120. The average Bonchev–Trinajstić information content (AvgIpc) is 2.29. The molecule has 0 aliphatic heterocycles. The highest BCUT2D eigenvalue weighted by atomic mass is 19.1. The molecule has 94 valence electrons. The highest BCUT2D eigenvalue weighted by Gasteiger charge is 2.09. The van der Waals surface area contributed by atoms with E-state index in [1.807, 2.05) is 6.92 Å². The Bertz CT molecular complexity index is 396. The van der Waals surface area contributed by atoms with Crippen LogP contribution in [0.5, 0.6) is 0 Å². The number of nitrogens with one attached hydrogen (secondary N) is 2. The van der Waals surface area contributed by atoms with Crippen LogP contribution in [-0.2, 0) is 11.2 Å². The van der Waals surface area contributed by atoms with Crippen LogP contribution in [0.3, 0.4) is 0 Å². The van der Waals surface area contributed by atoms with Crippen molar-refractivity contribution in [2.75, 3.05) is 13.6 Å². The molecule has 1 unspecified atom stereocenters. The minimum atomic E-state index is -0.693. The molecular weight excluding hydrogens is 226 g/mol. The highest BCUT2D eigenvalue weighted by molar-refractivity contribution is 5.78. The van der Waals surface area contributed by atoms with Crippen molar-refractivity contribution in [1.82, 2.24) is 10.6 Å². The Morgan fingerprint density at radius 2 is 2.12 bits per heavy atom. The number of halogens is 2. The van der Waals surface area contributed by atoms with Crippen LogP contribution in [0.25, 0.3) is 0 Å². The summed E-state index contributed by atoms with van der Waals surface area (Å²) in [5, 5.41) is 5.63. The van der Waals surface area contributed by atoms with Crippen molar-refractivity contribution < 1.29 is 13.6 Å². The predicted molar refractivity (Wildman–Crippen MR) is 61.6 cm³/mol. The summed E-state index contributed by atoms with van der Waals surface area (Å²) in [7, 11) is 1.79. The molecule has 0 saturated carbocycles. The second-order valence-electron chi connectivity index (χ2n) is 3.91. The fourth-order valence-electron chi connectivity index (χ4n) is 1.27. The van der Waals surface area contributed by atoms with Gasteiger partial charge in [-0.25, -0.2) is 8.78 Å².